The molecule has 0 radical (unpaired) electrons. The minimum Gasteiger partial charge on any atom is -0.397 e. The summed E-state index contributed by atoms with van der Waals surface area (Å²) in [6, 6.07) is 9.14. The van der Waals surface area contributed by atoms with Crippen molar-refractivity contribution in [1.82, 2.24) is 4.98 Å². The monoisotopic (exact) mass is 353 g/mol. The number of carbonyl (C=O) groups is 1. The lowest BCUT2D eigenvalue weighted by Crippen LogP contribution is -2.14. The van der Waals surface area contributed by atoms with Gasteiger partial charge >= 0.3 is 0 Å². The number of halogens is 1. The van der Waals surface area contributed by atoms with E-state index < -0.39 is 0 Å². The van der Waals surface area contributed by atoms with Crippen LogP contribution in [0.25, 0.3) is 0 Å². The Labute approximate surface area is 119 Å². The Morgan fingerprint density at radius 1 is 1.39 bits per heavy atom. The molecule has 0 aliphatic carbocycles. The molecule has 0 bridgehead atoms. The first-order valence-electron chi connectivity index (χ1n) is 5.36. The largest absolute Gasteiger partial charge is 0.397 e. The molecule has 2 rings (SSSR count). The van der Waals surface area contributed by atoms with Crippen molar-refractivity contribution in [3.05, 3.63) is 51.2 Å². The summed E-state index contributed by atoms with van der Waals surface area (Å²) >= 11 is 2.13. The van der Waals surface area contributed by atoms with Gasteiger partial charge in [-0.15, -0.1) is 0 Å². The summed E-state index contributed by atoms with van der Waals surface area (Å²) in [6.45, 7) is 1.87. The van der Waals surface area contributed by atoms with E-state index in [-0.39, 0.29) is 5.91 Å². The van der Waals surface area contributed by atoms with Crippen LogP contribution in [0.3, 0.4) is 0 Å². The highest BCUT2D eigenvalue weighted by Crippen LogP contribution is 2.16. The molecule has 0 fully saturated rings. The van der Waals surface area contributed by atoms with Crippen molar-refractivity contribution in [2.75, 3.05) is 11.1 Å². The number of carbonyl (C=O) groups excluding carboxylic acids is 1. The van der Waals surface area contributed by atoms with Crippen LogP contribution < -0.4 is 11.1 Å². The minimum absolute atomic E-state index is 0.170. The predicted molar refractivity (Wildman–Crippen MR) is 80.5 cm³/mol. The summed E-state index contributed by atoms with van der Waals surface area (Å²) in [5.41, 5.74) is 7.82. The van der Waals surface area contributed by atoms with E-state index in [9.17, 15) is 4.79 Å². The second-order valence-electron chi connectivity index (χ2n) is 3.86. The van der Waals surface area contributed by atoms with Crippen LogP contribution in [0.5, 0.6) is 0 Å². The van der Waals surface area contributed by atoms with Gasteiger partial charge in [0.25, 0.3) is 5.91 Å². The molecule has 0 atom stereocenters. The number of nitrogens with one attached hydrogen (secondary N) is 1. The van der Waals surface area contributed by atoms with Crippen molar-refractivity contribution < 1.29 is 4.79 Å². The zero-order valence-corrected chi connectivity index (χ0v) is 11.9. The molecule has 4 nitrogen and oxygen atoms in total. The fourth-order valence-corrected chi connectivity index (χ4v) is 2.10. The number of benzene rings is 1. The van der Waals surface area contributed by atoms with Gasteiger partial charge in [-0.1, -0.05) is 12.1 Å². The van der Waals surface area contributed by atoms with Crippen LogP contribution >= 0.6 is 22.6 Å². The number of rotatable bonds is 2. The lowest BCUT2D eigenvalue weighted by Gasteiger charge is -2.07. The molecule has 0 saturated heterocycles. The number of amides is 1. The Morgan fingerprint density at radius 2 is 2.11 bits per heavy atom. The van der Waals surface area contributed by atoms with Crippen LogP contribution in [0.4, 0.5) is 11.5 Å². The molecule has 18 heavy (non-hydrogen) atoms. The third-order valence-corrected chi connectivity index (χ3v) is 3.45. The van der Waals surface area contributed by atoms with E-state index in [0.717, 1.165) is 9.13 Å². The molecule has 2 aromatic rings. The number of aromatic nitrogens is 1. The third kappa shape index (κ3) is 2.79. The van der Waals surface area contributed by atoms with E-state index in [1.807, 2.05) is 25.1 Å². The summed E-state index contributed by atoms with van der Waals surface area (Å²) in [4.78, 5) is 16.1. The zero-order valence-electron chi connectivity index (χ0n) is 9.77. The van der Waals surface area contributed by atoms with E-state index in [2.05, 4.69) is 32.9 Å². The van der Waals surface area contributed by atoms with Crippen molar-refractivity contribution in [2.24, 2.45) is 0 Å². The minimum atomic E-state index is -0.170. The van der Waals surface area contributed by atoms with Crippen LogP contribution in [0, 0.1) is 10.5 Å². The number of aryl methyl sites for hydroxylation is 1. The first kappa shape index (κ1) is 12.8. The number of nitrogen functional groups attached to an aromatic ring is 1. The molecule has 5 heteroatoms. The van der Waals surface area contributed by atoms with Gasteiger partial charge in [-0.3, -0.25) is 4.79 Å². The molecule has 92 valence electrons. The number of hydrogen-bond donors (Lipinski definition) is 2. The molecular weight excluding hydrogens is 341 g/mol. The topological polar surface area (TPSA) is 68.0 Å². The summed E-state index contributed by atoms with van der Waals surface area (Å²) in [6.07, 6.45) is 1.54. The Bertz CT molecular complexity index is 599. The molecule has 0 aliphatic rings. The maximum atomic E-state index is 12.0. The molecular formula is C13H12IN3O. The van der Waals surface area contributed by atoms with Gasteiger partial charge in [-0.2, -0.15) is 0 Å². The van der Waals surface area contributed by atoms with E-state index in [1.165, 1.54) is 0 Å². The SMILES string of the molecule is Cc1cc(NC(=O)c2ccccc2I)ncc1N. The van der Waals surface area contributed by atoms with Crippen LogP contribution in [0.1, 0.15) is 15.9 Å². The van der Waals surface area contributed by atoms with E-state index in [0.29, 0.717) is 17.1 Å². The summed E-state index contributed by atoms with van der Waals surface area (Å²) in [5.74, 6) is 0.336. The molecule has 1 aromatic heterocycles. The third-order valence-electron chi connectivity index (χ3n) is 2.51. The first-order chi connectivity index (χ1) is 8.58. The average Bonchev–Trinajstić information content (AvgIpc) is 2.34. The summed E-state index contributed by atoms with van der Waals surface area (Å²) in [7, 11) is 0. The lowest BCUT2D eigenvalue weighted by molar-refractivity contribution is 0.102. The molecule has 3 N–H and O–H groups in total. The number of pyridine rings is 1. The van der Waals surface area contributed by atoms with E-state index in [1.54, 1.807) is 18.3 Å². The molecule has 1 aromatic carbocycles. The number of anilines is 2. The van der Waals surface area contributed by atoms with Crippen molar-refractivity contribution in [2.45, 2.75) is 6.92 Å². The fourth-order valence-electron chi connectivity index (χ4n) is 1.46. The maximum Gasteiger partial charge on any atom is 0.257 e. The van der Waals surface area contributed by atoms with Gasteiger partial charge in [0.15, 0.2) is 0 Å². The highest BCUT2D eigenvalue weighted by atomic mass is 127. The summed E-state index contributed by atoms with van der Waals surface area (Å²) < 4.78 is 0.903. The smallest absolute Gasteiger partial charge is 0.257 e. The Kier molecular flexibility index (Phi) is 3.81. The second kappa shape index (κ2) is 5.34. The Hall–Kier alpha value is -1.63. The maximum absolute atomic E-state index is 12.0. The van der Waals surface area contributed by atoms with Gasteiger partial charge in [-0.25, -0.2) is 4.98 Å². The summed E-state index contributed by atoms with van der Waals surface area (Å²) in [5, 5.41) is 2.76. The van der Waals surface area contributed by atoms with Crippen LogP contribution in [0.2, 0.25) is 0 Å². The lowest BCUT2D eigenvalue weighted by atomic mass is 10.2. The highest BCUT2D eigenvalue weighted by Gasteiger charge is 2.10. The molecule has 0 unspecified atom stereocenters. The predicted octanol–water partition coefficient (Wildman–Crippen LogP) is 2.83. The molecule has 0 spiro atoms. The van der Waals surface area contributed by atoms with Gasteiger partial charge in [0.05, 0.1) is 17.4 Å². The second-order valence-corrected chi connectivity index (χ2v) is 5.02. The Balaban J connectivity index is 2.22. The van der Waals surface area contributed by atoms with Crippen LogP contribution in [-0.4, -0.2) is 10.9 Å². The average molecular weight is 353 g/mol. The molecule has 1 heterocycles. The number of nitrogens with two attached hydrogens (primary N) is 1. The van der Waals surface area contributed by atoms with Crippen molar-refractivity contribution in [1.29, 1.82) is 0 Å². The highest BCUT2D eigenvalue weighted by molar-refractivity contribution is 14.1. The van der Waals surface area contributed by atoms with Crippen LogP contribution in [0.15, 0.2) is 36.5 Å². The molecule has 1 amide bonds. The first-order valence-corrected chi connectivity index (χ1v) is 6.44. The van der Waals surface area contributed by atoms with Gasteiger partial charge in [-0.05, 0) is 53.3 Å². The quantitative estimate of drug-likeness (QED) is 0.816. The number of hydrogen-bond acceptors (Lipinski definition) is 3. The van der Waals surface area contributed by atoms with E-state index >= 15 is 0 Å². The standard InChI is InChI=1S/C13H12IN3O/c1-8-6-12(16-7-11(8)15)17-13(18)9-4-2-3-5-10(9)14/h2-7H,15H2,1H3,(H,16,17,18). The number of nitrogens with zero attached hydrogens (tertiary/aromatic N) is 1. The van der Waals surface area contributed by atoms with Crippen LogP contribution in [-0.2, 0) is 0 Å². The van der Waals surface area contributed by atoms with Gasteiger partial charge in [0.1, 0.15) is 5.82 Å². The van der Waals surface area contributed by atoms with Gasteiger partial charge in [0.2, 0.25) is 0 Å². The van der Waals surface area contributed by atoms with Gasteiger partial charge < -0.3 is 11.1 Å². The van der Waals surface area contributed by atoms with Gasteiger partial charge in [0, 0.05) is 3.57 Å². The van der Waals surface area contributed by atoms with Crippen molar-refractivity contribution in [3.63, 3.8) is 0 Å². The zero-order chi connectivity index (χ0) is 13.1. The van der Waals surface area contributed by atoms with E-state index in [4.69, 9.17) is 5.73 Å². The Morgan fingerprint density at radius 3 is 2.78 bits per heavy atom. The van der Waals surface area contributed by atoms with Crippen molar-refractivity contribution in [3.8, 4) is 0 Å². The fraction of sp³-hybridized carbons (Fsp3) is 0.0769. The molecule has 0 aliphatic heterocycles. The normalized spacial score (nSPS) is 10.1. The van der Waals surface area contributed by atoms with Crippen molar-refractivity contribution >= 4 is 40.0 Å². The molecule has 0 saturated carbocycles.